The van der Waals surface area contributed by atoms with Gasteiger partial charge in [-0.05, 0) is 36.1 Å². The maximum Gasteiger partial charge on any atom is 0.248 e. The number of amides is 1. The molecular formula is C13H18FNO. The van der Waals surface area contributed by atoms with Gasteiger partial charge in [0.2, 0.25) is 5.91 Å². The maximum atomic E-state index is 13.3. The maximum absolute atomic E-state index is 13.3. The summed E-state index contributed by atoms with van der Waals surface area (Å²) in [5.74, 6) is -0.716. The highest BCUT2D eigenvalue weighted by Crippen LogP contribution is 2.23. The highest BCUT2D eigenvalue weighted by Gasteiger charge is 2.10. The van der Waals surface area contributed by atoms with Crippen LogP contribution in [-0.4, -0.2) is 5.91 Å². The Morgan fingerprint density at radius 1 is 1.44 bits per heavy atom. The van der Waals surface area contributed by atoms with E-state index in [0.717, 1.165) is 24.8 Å². The van der Waals surface area contributed by atoms with Crippen molar-refractivity contribution >= 4 is 5.91 Å². The number of primary amides is 1. The molecule has 2 N–H and O–H groups in total. The van der Waals surface area contributed by atoms with E-state index < -0.39 is 11.7 Å². The topological polar surface area (TPSA) is 43.1 Å². The molecule has 0 aliphatic heterocycles. The Balaban J connectivity index is 2.91. The van der Waals surface area contributed by atoms with Gasteiger partial charge in [0.05, 0.1) is 0 Å². The molecule has 1 aromatic carbocycles. The first-order chi connectivity index (χ1) is 7.54. The van der Waals surface area contributed by atoms with E-state index in [1.54, 1.807) is 6.07 Å². The van der Waals surface area contributed by atoms with Gasteiger partial charge in [-0.2, -0.15) is 0 Å². The number of halogens is 1. The van der Waals surface area contributed by atoms with Crippen LogP contribution in [0, 0.1) is 5.82 Å². The van der Waals surface area contributed by atoms with E-state index in [4.69, 9.17) is 5.73 Å². The highest BCUT2D eigenvalue weighted by atomic mass is 19.1. The summed E-state index contributed by atoms with van der Waals surface area (Å²) in [6.07, 6.45) is 3.21. The van der Waals surface area contributed by atoms with Gasteiger partial charge < -0.3 is 5.73 Å². The van der Waals surface area contributed by atoms with Crippen molar-refractivity contribution in [3.63, 3.8) is 0 Å². The van der Waals surface area contributed by atoms with Crippen LogP contribution in [0.25, 0.3) is 0 Å². The van der Waals surface area contributed by atoms with Gasteiger partial charge in [-0.1, -0.05) is 26.7 Å². The summed E-state index contributed by atoms with van der Waals surface area (Å²) >= 11 is 0. The first-order valence-corrected chi connectivity index (χ1v) is 5.65. The van der Waals surface area contributed by atoms with Crippen LogP contribution in [0.2, 0.25) is 0 Å². The van der Waals surface area contributed by atoms with E-state index in [9.17, 15) is 9.18 Å². The van der Waals surface area contributed by atoms with Crippen LogP contribution in [0.1, 0.15) is 54.9 Å². The van der Waals surface area contributed by atoms with Crippen molar-refractivity contribution < 1.29 is 9.18 Å². The molecule has 1 amide bonds. The molecule has 0 heterocycles. The molecular weight excluding hydrogens is 205 g/mol. The zero-order valence-corrected chi connectivity index (χ0v) is 9.79. The Morgan fingerprint density at radius 2 is 2.12 bits per heavy atom. The van der Waals surface area contributed by atoms with E-state index in [0.29, 0.717) is 0 Å². The lowest BCUT2D eigenvalue weighted by Gasteiger charge is -2.12. The van der Waals surface area contributed by atoms with Crippen molar-refractivity contribution in [3.05, 3.63) is 35.1 Å². The normalized spacial score (nSPS) is 12.4. The second-order valence-corrected chi connectivity index (χ2v) is 4.18. The molecule has 0 aliphatic carbocycles. The quantitative estimate of drug-likeness (QED) is 0.818. The van der Waals surface area contributed by atoms with Crippen LogP contribution in [0.15, 0.2) is 18.2 Å². The molecule has 1 rings (SSSR count). The second-order valence-electron chi connectivity index (χ2n) is 4.18. The summed E-state index contributed by atoms with van der Waals surface area (Å²) < 4.78 is 13.3. The fourth-order valence-electron chi connectivity index (χ4n) is 1.72. The van der Waals surface area contributed by atoms with Gasteiger partial charge >= 0.3 is 0 Å². The molecule has 1 aromatic rings. The third kappa shape index (κ3) is 3.33. The fourth-order valence-corrected chi connectivity index (χ4v) is 1.72. The van der Waals surface area contributed by atoms with Crippen LogP contribution in [0.3, 0.4) is 0 Å². The predicted octanol–water partition coefficient (Wildman–Crippen LogP) is 3.22. The molecule has 0 aliphatic rings. The Hall–Kier alpha value is -1.38. The second kappa shape index (κ2) is 5.64. The zero-order chi connectivity index (χ0) is 12.1. The molecule has 2 nitrogen and oxygen atoms in total. The molecule has 1 atom stereocenters. The van der Waals surface area contributed by atoms with Gasteiger partial charge in [0.15, 0.2) is 0 Å². The predicted molar refractivity (Wildman–Crippen MR) is 62.9 cm³/mol. The molecule has 0 fully saturated rings. The molecule has 16 heavy (non-hydrogen) atoms. The van der Waals surface area contributed by atoms with E-state index in [-0.39, 0.29) is 11.5 Å². The zero-order valence-electron chi connectivity index (χ0n) is 9.79. The summed E-state index contributed by atoms with van der Waals surface area (Å²) in [5, 5.41) is 0. The number of hydrogen-bond donors (Lipinski definition) is 1. The van der Waals surface area contributed by atoms with Crippen LogP contribution >= 0.6 is 0 Å². The Labute approximate surface area is 95.7 Å². The van der Waals surface area contributed by atoms with Crippen molar-refractivity contribution in [1.82, 2.24) is 0 Å². The standard InChI is InChI=1S/C13H18FNO/c1-3-4-5-9(2)10-6-11(13(15)16)8-12(14)7-10/h6-9H,3-5H2,1-2H3,(H2,15,16). The number of carbonyl (C=O) groups is 1. The van der Waals surface area contributed by atoms with Crippen molar-refractivity contribution in [2.75, 3.05) is 0 Å². The summed E-state index contributed by atoms with van der Waals surface area (Å²) in [4.78, 5) is 11.0. The molecule has 1 unspecified atom stereocenters. The number of rotatable bonds is 5. The van der Waals surface area contributed by atoms with Crippen LogP contribution in [0.5, 0.6) is 0 Å². The monoisotopic (exact) mass is 223 g/mol. The lowest BCUT2D eigenvalue weighted by atomic mass is 9.94. The number of hydrogen-bond acceptors (Lipinski definition) is 1. The minimum Gasteiger partial charge on any atom is -0.366 e. The summed E-state index contributed by atoms with van der Waals surface area (Å²) in [7, 11) is 0. The SMILES string of the molecule is CCCCC(C)c1cc(F)cc(C(N)=O)c1. The van der Waals surface area contributed by atoms with Gasteiger partial charge in [-0.15, -0.1) is 0 Å². The summed E-state index contributed by atoms with van der Waals surface area (Å²) in [5.41, 5.74) is 6.24. The summed E-state index contributed by atoms with van der Waals surface area (Å²) in [6.45, 7) is 4.16. The lowest BCUT2D eigenvalue weighted by Crippen LogP contribution is -2.12. The van der Waals surface area contributed by atoms with Gasteiger partial charge in [-0.3, -0.25) is 4.79 Å². The Morgan fingerprint density at radius 3 is 2.69 bits per heavy atom. The van der Waals surface area contributed by atoms with Gasteiger partial charge in [0.25, 0.3) is 0 Å². The van der Waals surface area contributed by atoms with Crippen LogP contribution in [0.4, 0.5) is 4.39 Å². The van der Waals surface area contributed by atoms with Crippen molar-refractivity contribution in [2.45, 2.75) is 39.0 Å². The minimum atomic E-state index is -0.580. The Kier molecular flexibility index (Phi) is 4.47. The van der Waals surface area contributed by atoms with Gasteiger partial charge in [-0.25, -0.2) is 4.39 Å². The van der Waals surface area contributed by atoms with Gasteiger partial charge in [0.1, 0.15) is 5.82 Å². The molecule has 0 saturated heterocycles. The van der Waals surface area contributed by atoms with Crippen LogP contribution in [-0.2, 0) is 0 Å². The highest BCUT2D eigenvalue weighted by molar-refractivity contribution is 5.92. The lowest BCUT2D eigenvalue weighted by molar-refractivity contribution is 0.0999. The van der Waals surface area contributed by atoms with Crippen molar-refractivity contribution in [3.8, 4) is 0 Å². The third-order valence-corrected chi connectivity index (χ3v) is 2.76. The van der Waals surface area contributed by atoms with E-state index in [1.165, 1.54) is 12.1 Å². The van der Waals surface area contributed by atoms with Gasteiger partial charge in [0, 0.05) is 5.56 Å². The first kappa shape index (κ1) is 12.7. The van der Waals surface area contributed by atoms with Crippen molar-refractivity contribution in [1.29, 1.82) is 0 Å². The fraction of sp³-hybridized carbons (Fsp3) is 0.462. The average molecular weight is 223 g/mol. The Bertz CT molecular complexity index is 376. The molecule has 0 aromatic heterocycles. The number of benzene rings is 1. The van der Waals surface area contributed by atoms with Crippen molar-refractivity contribution in [2.24, 2.45) is 5.73 Å². The van der Waals surface area contributed by atoms with Crippen LogP contribution < -0.4 is 5.73 Å². The largest absolute Gasteiger partial charge is 0.366 e. The minimum absolute atomic E-state index is 0.248. The number of carbonyl (C=O) groups excluding carboxylic acids is 1. The van der Waals surface area contributed by atoms with E-state index >= 15 is 0 Å². The number of nitrogens with two attached hydrogens (primary N) is 1. The third-order valence-electron chi connectivity index (χ3n) is 2.76. The first-order valence-electron chi connectivity index (χ1n) is 5.65. The molecule has 0 spiro atoms. The molecule has 0 bridgehead atoms. The van der Waals surface area contributed by atoms with E-state index in [1.807, 2.05) is 6.92 Å². The smallest absolute Gasteiger partial charge is 0.248 e. The average Bonchev–Trinajstić information content (AvgIpc) is 2.24. The number of unbranched alkanes of at least 4 members (excludes halogenated alkanes) is 1. The summed E-state index contributed by atoms with van der Waals surface area (Å²) in [6, 6.07) is 4.34. The molecule has 88 valence electrons. The molecule has 0 saturated carbocycles. The molecule has 3 heteroatoms. The van der Waals surface area contributed by atoms with E-state index in [2.05, 4.69) is 6.92 Å². The molecule has 0 radical (unpaired) electrons.